The van der Waals surface area contributed by atoms with E-state index >= 15 is 0 Å². The lowest BCUT2D eigenvalue weighted by molar-refractivity contribution is -0.145. The molecule has 2 aliphatic rings. The molecule has 4 nitrogen and oxygen atoms in total. The van der Waals surface area contributed by atoms with Crippen LogP contribution in [0.25, 0.3) is 0 Å². The second kappa shape index (κ2) is 5.23. The molecule has 3 heterocycles. The quantitative estimate of drug-likeness (QED) is 0.897. The number of hydrogen-bond acceptors (Lipinski definition) is 4. The van der Waals surface area contributed by atoms with E-state index in [-0.39, 0.29) is 24.2 Å². The van der Waals surface area contributed by atoms with Crippen LogP contribution in [0.4, 0.5) is 0 Å². The van der Waals surface area contributed by atoms with Gasteiger partial charge in [-0.15, -0.1) is 11.3 Å². The summed E-state index contributed by atoms with van der Waals surface area (Å²) in [5.41, 5.74) is 6.91. The molecule has 3 atom stereocenters. The molecular weight excluding hydrogens is 260 g/mol. The first-order valence-electron chi connectivity index (χ1n) is 6.93. The lowest BCUT2D eigenvalue weighted by Gasteiger charge is -2.35. The standard InChI is InChI=1S/C14H20N2O2S/c1-9-11-5-7-19-13(11)4-6-16(9)14(17)12-3-2-10(8-15)18-12/h5,7,9-10,12H,2-4,6,8,15H2,1H3/t9?,10-,12+/m1/s1. The van der Waals surface area contributed by atoms with Crippen LogP contribution in [0.3, 0.4) is 0 Å². The van der Waals surface area contributed by atoms with E-state index in [1.807, 2.05) is 4.90 Å². The smallest absolute Gasteiger partial charge is 0.252 e. The van der Waals surface area contributed by atoms with Crippen LogP contribution in [0, 0.1) is 0 Å². The third-order valence-electron chi connectivity index (χ3n) is 4.21. The highest BCUT2D eigenvalue weighted by Gasteiger charge is 2.36. The predicted octanol–water partition coefficient (Wildman–Crippen LogP) is 1.70. The molecule has 1 amide bonds. The minimum Gasteiger partial charge on any atom is -0.364 e. The van der Waals surface area contributed by atoms with Crippen LogP contribution in [0.1, 0.15) is 36.2 Å². The number of thiophene rings is 1. The maximum atomic E-state index is 12.6. The summed E-state index contributed by atoms with van der Waals surface area (Å²) >= 11 is 1.79. The number of ether oxygens (including phenoxy) is 1. The van der Waals surface area contributed by atoms with Crippen molar-refractivity contribution in [3.8, 4) is 0 Å². The Morgan fingerprint density at radius 3 is 3.16 bits per heavy atom. The van der Waals surface area contributed by atoms with E-state index in [1.54, 1.807) is 11.3 Å². The van der Waals surface area contributed by atoms with E-state index in [2.05, 4.69) is 18.4 Å². The van der Waals surface area contributed by atoms with E-state index in [0.717, 1.165) is 25.8 Å². The van der Waals surface area contributed by atoms with E-state index in [9.17, 15) is 4.79 Å². The fourth-order valence-electron chi connectivity index (χ4n) is 3.06. The van der Waals surface area contributed by atoms with Gasteiger partial charge in [-0.2, -0.15) is 0 Å². The number of rotatable bonds is 2. The van der Waals surface area contributed by atoms with Crippen molar-refractivity contribution in [2.24, 2.45) is 5.73 Å². The average Bonchev–Trinajstić information content (AvgIpc) is 3.07. The third-order valence-corrected chi connectivity index (χ3v) is 5.20. The second-order valence-corrected chi connectivity index (χ2v) is 6.32. The summed E-state index contributed by atoms with van der Waals surface area (Å²) in [6, 6.07) is 2.31. The minimum absolute atomic E-state index is 0.0609. The average molecular weight is 280 g/mol. The molecule has 2 N–H and O–H groups in total. The van der Waals surface area contributed by atoms with Crippen LogP contribution in [0.5, 0.6) is 0 Å². The zero-order valence-electron chi connectivity index (χ0n) is 11.2. The van der Waals surface area contributed by atoms with Crippen LogP contribution in [0.15, 0.2) is 11.4 Å². The molecule has 0 spiro atoms. The minimum atomic E-state index is -0.281. The van der Waals surface area contributed by atoms with Gasteiger partial charge in [0.2, 0.25) is 0 Å². The topological polar surface area (TPSA) is 55.6 Å². The molecule has 5 heteroatoms. The van der Waals surface area contributed by atoms with Crippen molar-refractivity contribution in [2.75, 3.05) is 13.1 Å². The van der Waals surface area contributed by atoms with Crippen molar-refractivity contribution < 1.29 is 9.53 Å². The maximum Gasteiger partial charge on any atom is 0.252 e. The summed E-state index contributed by atoms with van der Waals surface area (Å²) in [6.07, 6.45) is 2.46. The molecule has 0 bridgehead atoms. The number of fused-ring (bicyclic) bond motifs is 1. The van der Waals surface area contributed by atoms with Gasteiger partial charge < -0.3 is 15.4 Å². The van der Waals surface area contributed by atoms with Crippen molar-refractivity contribution in [1.29, 1.82) is 0 Å². The van der Waals surface area contributed by atoms with Crippen molar-refractivity contribution in [3.63, 3.8) is 0 Å². The van der Waals surface area contributed by atoms with Gasteiger partial charge in [0.25, 0.3) is 5.91 Å². The maximum absolute atomic E-state index is 12.6. The molecular formula is C14H20N2O2S. The summed E-state index contributed by atoms with van der Waals surface area (Å²) in [5, 5.41) is 2.12. The van der Waals surface area contributed by atoms with Crippen molar-refractivity contribution >= 4 is 17.2 Å². The van der Waals surface area contributed by atoms with Crippen LogP contribution < -0.4 is 5.73 Å². The Kier molecular flexibility index (Phi) is 3.60. The zero-order chi connectivity index (χ0) is 13.4. The Balaban J connectivity index is 1.72. The van der Waals surface area contributed by atoms with Gasteiger partial charge in [0.05, 0.1) is 12.1 Å². The molecule has 104 valence electrons. The fourth-order valence-corrected chi connectivity index (χ4v) is 4.02. The Morgan fingerprint density at radius 1 is 1.58 bits per heavy atom. The van der Waals surface area contributed by atoms with Gasteiger partial charge >= 0.3 is 0 Å². The summed E-state index contributed by atoms with van der Waals surface area (Å²) in [6.45, 7) is 3.42. The molecule has 19 heavy (non-hydrogen) atoms. The van der Waals surface area contributed by atoms with E-state index < -0.39 is 0 Å². The first-order valence-corrected chi connectivity index (χ1v) is 7.81. The molecule has 1 unspecified atom stereocenters. The normalized spacial score (nSPS) is 30.4. The van der Waals surface area contributed by atoms with Crippen molar-refractivity contribution in [3.05, 3.63) is 21.9 Å². The summed E-state index contributed by atoms with van der Waals surface area (Å²) < 4.78 is 5.73. The van der Waals surface area contributed by atoms with Gasteiger partial charge in [0.15, 0.2) is 0 Å². The number of nitrogens with zero attached hydrogens (tertiary/aromatic N) is 1. The highest BCUT2D eigenvalue weighted by molar-refractivity contribution is 7.10. The van der Waals surface area contributed by atoms with Crippen LogP contribution in [0.2, 0.25) is 0 Å². The second-order valence-electron chi connectivity index (χ2n) is 5.32. The third kappa shape index (κ3) is 2.30. The molecule has 3 rings (SSSR count). The molecule has 1 aromatic rings. The first kappa shape index (κ1) is 13.1. The van der Waals surface area contributed by atoms with E-state index in [1.165, 1.54) is 10.4 Å². The Bertz CT molecular complexity index is 474. The van der Waals surface area contributed by atoms with Crippen LogP contribution in [-0.4, -0.2) is 36.1 Å². The van der Waals surface area contributed by atoms with Gasteiger partial charge in [0, 0.05) is 18.0 Å². The number of hydrogen-bond donors (Lipinski definition) is 1. The monoisotopic (exact) mass is 280 g/mol. The van der Waals surface area contributed by atoms with Crippen molar-refractivity contribution in [2.45, 2.75) is 44.4 Å². The van der Waals surface area contributed by atoms with Crippen LogP contribution >= 0.6 is 11.3 Å². The molecule has 0 aromatic carbocycles. The Hall–Kier alpha value is -0.910. The molecule has 1 fully saturated rings. The predicted molar refractivity (Wildman–Crippen MR) is 75.1 cm³/mol. The van der Waals surface area contributed by atoms with Gasteiger partial charge in [-0.25, -0.2) is 0 Å². The number of carbonyl (C=O) groups excluding carboxylic acids is 1. The highest BCUT2D eigenvalue weighted by atomic mass is 32.1. The number of amides is 1. The Morgan fingerprint density at radius 2 is 2.42 bits per heavy atom. The Labute approximate surface area is 117 Å². The molecule has 2 aliphatic heterocycles. The highest BCUT2D eigenvalue weighted by Crippen LogP contribution is 2.34. The lowest BCUT2D eigenvalue weighted by atomic mass is 10.0. The van der Waals surface area contributed by atoms with Gasteiger partial charge in [-0.3, -0.25) is 4.79 Å². The number of carbonyl (C=O) groups is 1. The molecule has 0 radical (unpaired) electrons. The summed E-state index contributed by atoms with van der Waals surface area (Å²) in [7, 11) is 0. The molecule has 1 saturated heterocycles. The first-order chi connectivity index (χ1) is 9.20. The molecule has 0 saturated carbocycles. The summed E-state index contributed by atoms with van der Waals surface area (Å²) in [4.78, 5) is 16.0. The largest absolute Gasteiger partial charge is 0.364 e. The van der Waals surface area contributed by atoms with Crippen LogP contribution in [-0.2, 0) is 16.0 Å². The molecule has 1 aromatic heterocycles. The fraction of sp³-hybridized carbons (Fsp3) is 0.643. The lowest BCUT2D eigenvalue weighted by Crippen LogP contribution is -2.44. The number of nitrogens with two attached hydrogens (primary N) is 1. The molecule has 0 aliphatic carbocycles. The van der Waals surface area contributed by atoms with Gasteiger partial charge in [-0.05, 0) is 43.2 Å². The summed E-state index contributed by atoms with van der Waals surface area (Å²) in [5.74, 6) is 0.139. The SMILES string of the molecule is CC1c2ccsc2CCN1C(=O)[C@@H]1CC[C@H](CN)O1. The van der Waals surface area contributed by atoms with Gasteiger partial charge in [0.1, 0.15) is 6.10 Å². The van der Waals surface area contributed by atoms with Gasteiger partial charge in [-0.1, -0.05) is 0 Å². The van der Waals surface area contributed by atoms with Crippen molar-refractivity contribution in [1.82, 2.24) is 4.90 Å². The zero-order valence-corrected chi connectivity index (χ0v) is 12.0. The van der Waals surface area contributed by atoms with E-state index in [4.69, 9.17) is 10.5 Å². The van der Waals surface area contributed by atoms with E-state index in [0.29, 0.717) is 6.54 Å².